The van der Waals surface area contributed by atoms with Crippen LogP contribution in [-0.2, 0) is 24.8 Å². The lowest BCUT2D eigenvalue weighted by molar-refractivity contribution is -0.118. The van der Waals surface area contributed by atoms with Crippen LogP contribution in [0.2, 0.25) is 0 Å². The fraction of sp³-hybridized carbons (Fsp3) is 0.304. The first-order valence-corrected chi connectivity index (χ1v) is 11.3. The first-order chi connectivity index (χ1) is 16.0. The van der Waals surface area contributed by atoms with Gasteiger partial charge in [-0.1, -0.05) is 23.9 Å². The number of benzene rings is 2. The van der Waals surface area contributed by atoms with Crippen molar-refractivity contribution in [1.29, 1.82) is 0 Å². The van der Waals surface area contributed by atoms with Crippen LogP contribution in [0.4, 0.5) is 0 Å². The van der Waals surface area contributed by atoms with Crippen molar-refractivity contribution in [2.24, 2.45) is 7.05 Å². The average Bonchev–Trinajstić information content (AvgIpc) is 3.20. The second-order valence-electron chi connectivity index (χ2n) is 7.11. The van der Waals surface area contributed by atoms with Gasteiger partial charge < -0.3 is 24.7 Å². The fourth-order valence-corrected chi connectivity index (χ4v) is 3.71. The van der Waals surface area contributed by atoms with E-state index in [0.717, 1.165) is 17.1 Å². The molecule has 0 fully saturated rings. The third kappa shape index (κ3) is 6.98. The molecule has 2 aromatic carbocycles. The number of amides is 2. The number of ether oxygens (including phenoxy) is 2. The molecule has 0 unspecified atom stereocenters. The van der Waals surface area contributed by atoms with Gasteiger partial charge in [-0.3, -0.25) is 9.59 Å². The monoisotopic (exact) mass is 469 g/mol. The van der Waals surface area contributed by atoms with E-state index in [1.54, 1.807) is 38.5 Å². The molecule has 0 saturated carbocycles. The molecule has 9 nitrogen and oxygen atoms in total. The first-order valence-electron chi connectivity index (χ1n) is 10.3. The Morgan fingerprint density at radius 2 is 1.58 bits per heavy atom. The van der Waals surface area contributed by atoms with Gasteiger partial charge in [0.25, 0.3) is 5.91 Å². The van der Waals surface area contributed by atoms with Crippen LogP contribution in [0, 0.1) is 0 Å². The van der Waals surface area contributed by atoms with E-state index in [1.807, 2.05) is 35.9 Å². The maximum Gasteiger partial charge on any atom is 0.251 e. The lowest BCUT2D eigenvalue weighted by Gasteiger charge is -2.07. The maximum atomic E-state index is 12.2. The molecular weight excluding hydrogens is 442 g/mol. The lowest BCUT2D eigenvalue weighted by Crippen LogP contribution is -2.26. The van der Waals surface area contributed by atoms with Gasteiger partial charge in [0.2, 0.25) is 5.91 Å². The van der Waals surface area contributed by atoms with Crippen molar-refractivity contribution in [2.75, 3.05) is 26.5 Å². The minimum atomic E-state index is -0.164. The molecule has 3 aromatic rings. The Kier molecular flexibility index (Phi) is 8.71. The van der Waals surface area contributed by atoms with E-state index in [-0.39, 0.29) is 17.6 Å². The quantitative estimate of drug-likeness (QED) is 0.415. The molecule has 1 aromatic heterocycles. The molecule has 174 valence electrons. The zero-order chi connectivity index (χ0) is 23.6. The van der Waals surface area contributed by atoms with Crippen LogP contribution in [0.5, 0.6) is 11.5 Å². The second kappa shape index (κ2) is 11.9. The minimum Gasteiger partial charge on any atom is -0.497 e. The van der Waals surface area contributed by atoms with Gasteiger partial charge in [0.15, 0.2) is 5.16 Å². The van der Waals surface area contributed by atoms with Gasteiger partial charge >= 0.3 is 0 Å². The van der Waals surface area contributed by atoms with Crippen LogP contribution in [0.15, 0.2) is 53.7 Å². The Balaban J connectivity index is 1.41. The van der Waals surface area contributed by atoms with Crippen molar-refractivity contribution < 1.29 is 19.1 Å². The number of carbonyl (C=O) groups excluding carboxylic acids is 2. The van der Waals surface area contributed by atoms with Gasteiger partial charge in [0.05, 0.1) is 20.0 Å². The SMILES string of the molecule is COc1ccc(CNC(=O)CSc2nnc(CCNC(=O)c3ccc(OC)cc3)n2C)cc1. The first kappa shape index (κ1) is 24.1. The largest absolute Gasteiger partial charge is 0.497 e. The van der Waals surface area contributed by atoms with Crippen LogP contribution in [0.3, 0.4) is 0 Å². The predicted octanol–water partition coefficient (Wildman–Crippen LogP) is 2.21. The van der Waals surface area contributed by atoms with Gasteiger partial charge in [0, 0.05) is 32.1 Å². The number of rotatable bonds is 11. The predicted molar refractivity (Wildman–Crippen MR) is 126 cm³/mol. The lowest BCUT2D eigenvalue weighted by atomic mass is 10.2. The highest BCUT2D eigenvalue weighted by Gasteiger charge is 2.12. The van der Waals surface area contributed by atoms with E-state index in [2.05, 4.69) is 20.8 Å². The molecule has 2 amide bonds. The zero-order valence-electron chi connectivity index (χ0n) is 18.8. The van der Waals surface area contributed by atoms with Crippen LogP contribution >= 0.6 is 11.8 Å². The van der Waals surface area contributed by atoms with Gasteiger partial charge in [-0.25, -0.2) is 0 Å². The van der Waals surface area contributed by atoms with Crippen LogP contribution in [0.1, 0.15) is 21.7 Å². The Morgan fingerprint density at radius 1 is 0.939 bits per heavy atom. The fourth-order valence-electron chi connectivity index (χ4n) is 2.95. The summed E-state index contributed by atoms with van der Waals surface area (Å²) >= 11 is 1.32. The number of hydrogen-bond donors (Lipinski definition) is 2. The van der Waals surface area contributed by atoms with Crippen molar-refractivity contribution in [3.8, 4) is 11.5 Å². The molecule has 10 heteroatoms. The number of nitrogens with one attached hydrogen (secondary N) is 2. The highest BCUT2D eigenvalue weighted by Crippen LogP contribution is 2.16. The summed E-state index contributed by atoms with van der Waals surface area (Å²) in [5, 5.41) is 14.7. The molecule has 0 aliphatic rings. The van der Waals surface area contributed by atoms with Gasteiger partial charge in [0.1, 0.15) is 17.3 Å². The summed E-state index contributed by atoms with van der Waals surface area (Å²) in [6.07, 6.45) is 0.523. The van der Waals surface area contributed by atoms with E-state index in [4.69, 9.17) is 9.47 Å². The van der Waals surface area contributed by atoms with E-state index in [0.29, 0.717) is 36.0 Å². The normalized spacial score (nSPS) is 10.5. The molecule has 0 radical (unpaired) electrons. The number of hydrogen-bond acceptors (Lipinski definition) is 7. The summed E-state index contributed by atoms with van der Waals surface area (Å²) in [7, 11) is 5.04. The number of carbonyl (C=O) groups is 2. The molecule has 2 N–H and O–H groups in total. The van der Waals surface area contributed by atoms with Crippen molar-refractivity contribution in [1.82, 2.24) is 25.4 Å². The third-order valence-corrected chi connectivity index (χ3v) is 5.91. The Labute approximate surface area is 196 Å². The molecule has 0 aliphatic carbocycles. The van der Waals surface area contributed by atoms with Crippen molar-refractivity contribution in [2.45, 2.75) is 18.1 Å². The molecule has 0 atom stereocenters. The Bertz CT molecular complexity index is 1070. The summed E-state index contributed by atoms with van der Waals surface area (Å²) in [5.41, 5.74) is 1.55. The molecule has 0 aliphatic heterocycles. The van der Waals surface area contributed by atoms with E-state index >= 15 is 0 Å². The molecule has 3 rings (SSSR count). The number of nitrogens with zero attached hydrogens (tertiary/aromatic N) is 3. The molecule has 33 heavy (non-hydrogen) atoms. The average molecular weight is 470 g/mol. The maximum absolute atomic E-state index is 12.2. The molecule has 1 heterocycles. The third-order valence-electron chi connectivity index (χ3n) is 4.89. The van der Waals surface area contributed by atoms with E-state index in [9.17, 15) is 9.59 Å². The number of thioether (sulfide) groups is 1. The topological polar surface area (TPSA) is 107 Å². The van der Waals surface area contributed by atoms with Gasteiger partial charge in [-0.05, 0) is 42.0 Å². The van der Waals surface area contributed by atoms with Crippen LogP contribution < -0.4 is 20.1 Å². The summed E-state index contributed by atoms with van der Waals surface area (Å²) in [6, 6.07) is 14.5. The summed E-state index contributed by atoms with van der Waals surface area (Å²) in [4.78, 5) is 24.4. The molecule has 0 bridgehead atoms. The van der Waals surface area contributed by atoms with Gasteiger partial charge in [-0.2, -0.15) is 0 Å². The summed E-state index contributed by atoms with van der Waals surface area (Å²) < 4.78 is 12.1. The summed E-state index contributed by atoms with van der Waals surface area (Å²) in [6.45, 7) is 0.866. The van der Waals surface area contributed by atoms with Crippen molar-refractivity contribution in [3.05, 3.63) is 65.5 Å². The Hall–Kier alpha value is -3.53. The Morgan fingerprint density at radius 3 is 2.21 bits per heavy atom. The van der Waals surface area contributed by atoms with Gasteiger partial charge in [-0.15, -0.1) is 10.2 Å². The smallest absolute Gasteiger partial charge is 0.251 e. The second-order valence-corrected chi connectivity index (χ2v) is 8.05. The van der Waals surface area contributed by atoms with E-state index < -0.39 is 0 Å². The standard InChI is InChI=1S/C23H27N5O4S/c1-28-20(12-13-24-22(30)17-6-10-19(32-3)11-7-17)26-27-23(28)33-15-21(29)25-14-16-4-8-18(31-2)9-5-16/h4-11H,12-15H2,1-3H3,(H,24,30)(H,25,29). The van der Waals surface area contributed by atoms with E-state index in [1.165, 1.54) is 11.8 Å². The molecular formula is C23H27N5O4S. The highest BCUT2D eigenvalue weighted by atomic mass is 32.2. The zero-order valence-corrected chi connectivity index (χ0v) is 19.6. The van der Waals surface area contributed by atoms with Crippen LogP contribution in [-0.4, -0.2) is 53.1 Å². The summed E-state index contributed by atoms with van der Waals surface area (Å²) in [5.74, 6) is 2.18. The minimum absolute atomic E-state index is 0.0906. The molecule has 0 spiro atoms. The number of aromatic nitrogens is 3. The van der Waals surface area contributed by atoms with Crippen molar-refractivity contribution >= 4 is 23.6 Å². The van der Waals surface area contributed by atoms with Crippen molar-refractivity contribution in [3.63, 3.8) is 0 Å². The number of methoxy groups -OCH3 is 2. The van der Waals surface area contributed by atoms with Crippen LogP contribution in [0.25, 0.3) is 0 Å². The highest BCUT2D eigenvalue weighted by molar-refractivity contribution is 7.99. The molecule has 0 saturated heterocycles.